The summed E-state index contributed by atoms with van der Waals surface area (Å²) in [6.45, 7) is 0.534. The second-order valence-corrected chi connectivity index (χ2v) is 4.67. The number of rotatable bonds is 5. The molecule has 18 heavy (non-hydrogen) atoms. The van der Waals surface area contributed by atoms with Crippen molar-refractivity contribution in [1.29, 1.82) is 0 Å². The number of hydrogen-bond donors (Lipinski definition) is 0. The van der Waals surface area contributed by atoms with Crippen LogP contribution < -0.4 is 4.74 Å². The molecule has 0 spiro atoms. The molecule has 0 unspecified atom stereocenters. The Kier molecular flexibility index (Phi) is 4.47. The third kappa shape index (κ3) is 3.40. The number of halogens is 1. The molecule has 0 fully saturated rings. The highest BCUT2D eigenvalue weighted by Gasteiger charge is 2.03. The molecular weight excluding hydrogens is 294 g/mol. The van der Waals surface area contributed by atoms with Crippen LogP contribution in [0.1, 0.15) is 15.9 Å². The van der Waals surface area contributed by atoms with Gasteiger partial charge in [-0.05, 0) is 35.9 Å². The number of carbonyl (C=O) groups is 1. The van der Waals surface area contributed by atoms with Gasteiger partial charge in [0.05, 0.1) is 12.2 Å². The molecule has 0 aliphatic carbocycles. The highest BCUT2D eigenvalue weighted by molar-refractivity contribution is 9.10. The molecule has 0 bridgehead atoms. The number of carbonyl (C=O) groups excluding carboxylic acids is 1. The molecule has 0 saturated heterocycles. The Morgan fingerprint density at radius 1 is 1.22 bits per heavy atom. The van der Waals surface area contributed by atoms with E-state index in [2.05, 4.69) is 20.9 Å². The lowest BCUT2D eigenvalue weighted by Crippen LogP contribution is -2.03. The summed E-state index contributed by atoms with van der Waals surface area (Å²) in [5.74, 6) is 0.613. The number of hydrogen-bond acceptors (Lipinski definition) is 3. The monoisotopic (exact) mass is 305 g/mol. The standard InChI is InChI=1S/C14H12BrNO2/c15-13-1-2-14(12(9-13)10-17)18-8-5-11-3-6-16-7-4-11/h1-4,6-7,9-10H,5,8H2. The number of ether oxygens (including phenoxy) is 1. The fourth-order valence-corrected chi connectivity index (χ4v) is 1.95. The molecule has 0 aliphatic rings. The van der Waals surface area contributed by atoms with Crippen molar-refractivity contribution in [3.05, 3.63) is 58.3 Å². The topological polar surface area (TPSA) is 39.2 Å². The molecule has 1 aromatic heterocycles. The predicted molar refractivity (Wildman–Crippen MR) is 73.0 cm³/mol. The van der Waals surface area contributed by atoms with Gasteiger partial charge in [0.1, 0.15) is 5.75 Å². The highest BCUT2D eigenvalue weighted by atomic mass is 79.9. The van der Waals surface area contributed by atoms with E-state index in [-0.39, 0.29) is 0 Å². The average molecular weight is 306 g/mol. The summed E-state index contributed by atoms with van der Waals surface area (Å²) in [5.41, 5.74) is 1.72. The fourth-order valence-electron chi connectivity index (χ4n) is 1.57. The van der Waals surface area contributed by atoms with Crippen LogP contribution in [-0.2, 0) is 6.42 Å². The number of aromatic nitrogens is 1. The smallest absolute Gasteiger partial charge is 0.153 e. The van der Waals surface area contributed by atoms with E-state index in [0.29, 0.717) is 17.9 Å². The van der Waals surface area contributed by atoms with E-state index in [9.17, 15) is 4.79 Å². The van der Waals surface area contributed by atoms with Crippen molar-refractivity contribution in [3.63, 3.8) is 0 Å². The summed E-state index contributed by atoms with van der Waals surface area (Å²) in [7, 11) is 0. The fraction of sp³-hybridized carbons (Fsp3) is 0.143. The first-order valence-corrected chi connectivity index (χ1v) is 6.35. The summed E-state index contributed by atoms with van der Waals surface area (Å²) in [6.07, 6.45) is 5.10. The highest BCUT2D eigenvalue weighted by Crippen LogP contribution is 2.21. The van der Waals surface area contributed by atoms with Gasteiger partial charge in [0.25, 0.3) is 0 Å². The van der Waals surface area contributed by atoms with Gasteiger partial charge in [0.15, 0.2) is 6.29 Å². The van der Waals surface area contributed by atoms with Gasteiger partial charge in [-0.15, -0.1) is 0 Å². The maximum Gasteiger partial charge on any atom is 0.153 e. The Morgan fingerprint density at radius 2 is 2.00 bits per heavy atom. The number of aldehydes is 1. The van der Waals surface area contributed by atoms with Crippen LogP contribution >= 0.6 is 15.9 Å². The Morgan fingerprint density at radius 3 is 2.72 bits per heavy atom. The van der Waals surface area contributed by atoms with Crippen molar-refractivity contribution in [2.45, 2.75) is 6.42 Å². The van der Waals surface area contributed by atoms with Gasteiger partial charge in [0.2, 0.25) is 0 Å². The zero-order valence-electron chi connectivity index (χ0n) is 9.67. The maximum absolute atomic E-state index is 10.9. The Balaban J connectivity index is 1.96. The van der Waals surface area contributed by atoms with Gasteiger partial charge in [-0.1, -0.05) is 15.9 Å². The number of pyridine rings is 1. The SMILES string of the molecule is O=Cc1cc(Br)ccc1OCCc1ccncc1. The normalized spacial score (nSPS) is 10.1. The largest absolute Gasteiger partial charge is 0.492 e. The van der Waals surface area contributed by atoms with E-state index in [1.54, 1.807) is 24.5 Å². The molecule has 2 rings (SSSR count). The molecule has 0 amide bonds. The quantitative estimate of drug-likeness (QED) is 0.796. The molecular formula is C14H12BrNO2. The second-order valence-electron chi connectivity index (χ2n) is 3.75. The van der Waals surface area contributed by atoms with Gasteiger partial charge in [-0.2, -0.15) is 0 Å². The molecule has 2 aromatic rings. The zero-order chi connectivity index (χ0) is 12.8. The summed E-state index contributed by atoms with van der Waals surface area (Å²) in [4.78, 5) is 14.9. The van der Waals surface area contributed by atoms with Crippen molar-refractivity contribution in [2.75, 3.05) is 6.61 Å². The maximum atomic E-state index is 10.9. The molecule has 4 heteroatoms. The molecule has 92 valence electrons. The zero-order valence-corrected chi connectivity index (χ0v) is 11.3. The molecule has 1 heterocycles. The van der Waals surface area contributed by atoms with Crippen molar-refractivity contribution < 1.29 is 9.53 Å². The minimum Gasteiger partial charge on any atom is -0.492 e. The van der Waals surface area contributed by atoms with E-state index in [0.717, 1.165) is 22.7 Å². The third-order valence-electron chi connectivity index (χ3n) is 2.50. The van der Waals surface area contributed by atoms with Crippen molar-refractivity contribution >= 4 is 22.2 Å². The first-order chi connectivity index (χ1) is 8.79. The van der Waals surface area contributed by atoms with Crippen LogP contribution in [0.4, 0.5) is 0 Å². The van der Waals surface area contributed by atoms with Crippen LogP contribution in [-0.4, -0.2) is 17.9 Å². The lowest BCUT2D eigenvalue weighted by molar-refractivity contribution is 0.111. The van der Waals surface area contributed by atoms with Crippen LogP contribution in [0, 0.1) is 0 Å². The lowest BCUT2D eigenvalue weighted by atomic mass is 10.2. The van der Waals surface area contributed by atoms with E-state index in [4.69, 9.17) is 4.74 Å². The molecule has 3 nitrogen and oxygen atoms in total. The minimum atomic E-state index is 0.534. The minimum absolute atomic E-state index is 0.534. The molecule has 0 radical (unpaired) electrons. The number of nitrogens with zero attached hydrogens (tertiary/aromatic N) is 1. The van der Waals surface area contributed by atoms with Crippen LogP contribution in [0.25, 0.3) is 0 Å². The van der Waals surface area contributed by atoms with Crippen molar-refractivity contribution in [1.82, 2.24) is 4.98 Å². The molecule has 1 aromatic carbocycles. The number of benzene rings is 1. The van der Waals surface area contributed by atoms with Crippen LogP contribution in [0.5, 0.6) is 5.75 Å². The van der Waals surface area contributed by atoms with E-state index < -0.39 is 0 Å². The van der Waals surface area contributed by atoms with Gasteiger partial charge < -0.3 is 4.74 Å². The van der Waals surface area contributed by atoms with Crippen molar-refractivity contribution in [3.8, 4) is 5.75 Å². The third-order valence-corrected chi connectivity index (χ3v) is 2.99. The van der Waals surface area contributed by atoms with Crippen molar-refractivity contribution in [2.24, 2.45) is 0 Å². The van der Waals surface area contributed by atoms with E-state index >= 15 is 0 Å². The van der Waals surface area contributed by atoms with Crippen LogP contribution in [0.2, 0.25) is 0 Å². The molecule has 0 N–H and O–H groups in total. The van der Waals surface area contributed by atoms with Crippen LogP contribution in [0.15, 0.2) is 47.2 Å². The van der Waals surface area contributed by atoms with E-state index in [1.165, 1.54) is 0 Å². The first-order valence-electron chi connectivity index (χ1n) is 5.56. The van der Waals surface area contributed by atoms with Gasteiger partial charge >= 0.3 is 0 Å². The Bertz CT molecular complexity index is 529. The van der Waals surface area contributed by atoms with Gasteiger partial charge in [0, 0.05) is 23.3 Å². The van der Waals surface area contributed by atoms with Gasteiger partial charge in [-0.3, -0.25) is 9.78 Å². The summed E-state index contributed by atoms with van der Waals surface area (Å²) >= 11 is 3.32. The van der Waals surface area contributed by atoms with E-state index in [1.807, 2.05) is 18.2 Å². The molecule has 0 saturated carbocycles. The van der Waals surface area contributed by atoms with Crippen LogP contribution in [0.3, 0.4) is 0 Å². The summed E-state index contributed by atoms with van der Waals surface area (Å²) < 4.78 is 6.48. The van der Waals surface area contributed by atoms with Gasteiger partial charge in [-0.25, -0.2) is 0 Å². The second kappa shape index (κ2) is 6.31. The Labute approximate surface area is 114 Å². The summed E-state index contributed by atoms with van der Waals surface area (Å²) in [5, 5.41) is 0. The lowest BCUT2D eigenvalue weighted by Gasteiger charge is -2.08. The predicted octanol–water partition coefficient (Wildman–Crippen LogP) is 3.28. The summed E-state index contributed by atoms with van der Waals surface area (Å²) in [6, 6.07) is 9.29. The Hall–Kier alpha value is -1.68. The molecule has 0 aliphatic heterocycles. The average Bonchev–Trinajstić information content (AvgIpc) is 2.41. The first kappa shape index (κ1) is 12.8. The molecule has 0 atom stereocenters.